The summed E-state index contributed by atoms with van der Waals surface area (Å²) in [4.78, 5) is 16.7. The highest BCUT2D eigenvalue weighted by atomic mass is 79.9. The first-order valence-electron chi connectivity index (χ1n) is 6.93. The molecule has 0 saturated heterocycles. The van der Waals surface area contributed by atoms with Gasteiger partial charge in [-0.15, -0.1) is 0 Å². The van der Waals surface area contributed by atoms with E-state index in [0.29, 0.717) is 5.56 Å². The third-order valence-electron chi connectivity index (χ3n) is 3.40. The highest BCUT2D eigenvalue weighted by molar-refractivity contribution is 9.10. The van der Waals surface area contributed by atoms with Gasteiger partial charge in [-0.3, -0.25) is 4.79 Å². The summed E-state index contributed by atoms with van der Waals surface area (Å²) in [7, 11) is 0. The number of fused-ring (bicyclic) bond motifs is 1. The maximum absolute atomic E-state index is 12.2. The lowest BCUT2D eigenvalue weighted by Crippen LogP contribution is -2.13. The van der Waals surface area contributed by atoms with Crippen molar-refractivity contribution in [1.29, 1.82) is 0 Å². The Morgan fingerprint density at radius 1 is 1.23 bits per heavy atom. The first kappa shape index (κ1) is 15.2. The van der Waals surface area contributed by atoms with Gasteiger partial charge in [0.2, 0.25) is 0 Å². The standard InChI is InChI=1S/C17H15BrN2OS/c1-10-7-11(2)16-15(8-10)22-17(20-16)19-9-14(21)12-3-5-13(18)6-4-12/h3-8H,9H2,1-2H3,(H,19,20). The summed E-state index contributed by atoms with van der Waals surface area (Å²) in [5.74, 6) is 0.0552. The summed E-state index contributed by atoms with van der Waals surface area (Å²) in [6.45, 7) is 4.39. The van der Waals surface area contributed by atoms with Crippen molar-refractivity contribution in [1.82, 2.24) is 4.98 Å². The normalized spacial score (nSPS) is 10.9. The molecule has 0 radical (unpaired) electrons. The second kappa shape index (κ2) is 6.18. The first-order chi connectivity index (χ1) is 10.5. The van der Waals surface area contributed by atoms with Crippen molar-refractivity contribution in [3.8, 4) is 0 Å². The number of thiazole rings is 1. The number of Topliss-reactive ketones (excluding diaryl/α,β-unsaturated/α-hetero) is 1. The molecule has 1 N–H and O–H groups in total. The molecule has 112 valence electrons. The molecule has 1 heterocycles. The van der Waals surface area contributed by atoms with Gasteiger partial charge in [0.25, 0.3) is 0 Å². The van der Waals surface area contributed by atoms with E-state index in [4.69, 9.17) is 0 Å². The highest BCUT2D eigenvalue weighted by Crippen LogP contribution is 2.29. The molecule has 0 aliphatic carbocycles. The molecule has 3 nitrogen and oxygen atoms in total. The zero-order valence-electron chi connectivity index (χ0n) is 12.3. The smallest absolute Gasteiger partial charge is 0.184 e. The van der Waals surface area contributed by atoms with E-state index < -0.39 is 0 Å². The van der Waals surface area contributed by atoms with E-state index in [1.807, 2.05) is 24.3 Å². The van der Waals surface area contributed by atoms with Gasteiger partial charge in [0.15, 0.2) is 10.9 Å². The van der Waals surface area contributed by atoms with Crippen molar-refractivity contribution in [3.05, 3.63) is 57.6 Å². The average molecular weight is 375 g/mol. The molecule has 0 aliphatic rings. The molecule has 22 heavy (non-hydrogen) atoms. The van der Waals surface area contributed by atoms with Crippen LogP contribution < -0.4 is 5.32 Å². The maximum atomic E-state index is 12.2. The van der Waals surface area contributed by atoms with Crippen LogP contribution in [0.5, 0.6) is 0 Å². The second-order valence-electron chi connectivity index (χ2n) is 5.23. The second-order valence-corrected chi connectivity index (χ2v) is 7.18. The largest absolute Gasteiger partial charge is 0.354 e. The summed E-state index contributed by atoms with van der Waals surface area (Å²) in [6, 6.07) is 11.6. The number of halogens is 1. The number of ketones is 1. The number of carbonyl (C=O) groups excluding carboxylic acids is 1. The molecule has 0 amide bonds. The summed E-state index contributed by atoms with van der Waals surface area (Å²) in [5.41, 5.74) is 4.10. The van der Waals surface area contributed by atoms with Gasteiger partial charge in [-0.25, -0.2) is 4.98 Å². The third kappa shape index (κ3) is 3.20. The van der Waals surface area contributed by atoms with E-state index in [0.717, 1.165) is 19.8 Å². The maximum Gasteiger partial charge on any atom is 0.184 e. The molecule has 1 aromatic heterocycles. The molecule has 2 aromatic carbocycles. The van der Waals surface area contributed by atoms with Crippen LogP contribution in [0.15, 0.2) is 40.9 Å². The van der Waals surface area contributed by atoms with Gasteiger partial charge >= 0.3 is 0 Å². The van der Waals surface area contributed by atoms with E-state index in [-0.39, 0.29) is 12.3 Å². The summed E-state index contributed by atoms with van der Waals surface area (Å²) < 4.78 is 2.12. The number of nitrogens with zero attached hydrogens (tertiary/aromatic N) is 1. The zero-order valence-corrected chi connectivity index (χ0v) is 14.7. The fraction of sp³-hybridized carbons (Fsp3) is 0.176. The zero-order chi connectivity index (χ0) is 15.7. The minimum absolute atomic E-state index is 0.0552. The number of aromatic nitrogens is 1. The Hall–Kier alpha value is -1.72. The van der Waals surface area contributed by atoms with Crippen LogP contribution >= 0.6 is 27.3 Å². The molecular weight excluding hydrogens is 360 g/mol. The summed E-state index contributed by atoms with van der Waals surface area (Å²) in [6.07, 6.45) is 0. The SMILES string of the molecule is Cc1cc(C)c2nc(NCC(=O)c3ccc(Br)cc3)sc2c1. The molecule has 0 bridgehead atoms. The Morgan fingerprint density at radius 3 is 2.68 bits per heavy atom. The van der Waals surface area contributed by atoms with Crippen molar-refractivity contribution in [2.24, 2.45) is 0 Å². The third-order valence-corrected chi connectivity index (χ3v) is 4.88. The molecule has 0 spiro atoms. The van der Waals surface area contributed by atoms with E-state index in [2.05, 4.69) is 52.2 Å². The molecule has 3 aromatic rings. The molecular formula is C17H15BrN2OS. The predicted molar refractivity (Wildman–Crippen MR) is 96.1 cm³/mol. The monoisotopic (exact) mass is 374 g/mol. The predicted octanol–water partition coefficient (Wildman–Crippen LogP) is 4.97. The topological polar surface area (TPSA) is 42.0 Å². The van der Waals surface area contributed by atoms with Crippen LogP contribution in [0, 0.1) is 13.8 Å². The van der Waals surface area contributed by atoms with Gasteiger partial charge < -0.3 is 5.32 Å². The number of nitrogens with one attached hydrogen (secondary N) is 1. The number of aryl methyl sites for hydroxylation is 2. The van der Waals surface area contributed by atoms with E-state index in [9.17, 15) is 4.79 Å². The number of carbonyl (C=O) groups is 1. The van der Waals surface area contributed by atoms with Crippen LogP contribution in [0.25, 0.3) is 10.2 Å². The van der Waals surface area contributed by atoms with Crippen LogP contribution in [-0.4, -0.2) is 17.3 Å². The van der Waals surface area contributed by atoms with Gasteiger partial charge in [0.05, 0.1) is 16.8 Å². The fourth-order valence-corrected chi connectivity index (χ4v) is 3.64. The molecule has 0 aliphatic heterocycles. The van der Waals surface area contributed by atoms with Gasteiger partial charge in [-0.05, 0) is 43.2 Å². The number of hydrogen-bond acceptors (Lipinski definition) is 4. The minimum atomic E-state index is 0.0552. The Balaban J connectivity index is 1.75. The molecule has 0 atom stereocenters. The van der Waals surface area contributed by atoms with Crippen LogP contribution in [0.4, 0.5) is 5.13 Å². The molecule has 0 unspecified atom stereocenters. The lowest BCUT2D eigenvalue weighted by molar-refractivity contribution is 0.101. The van der Waals surface area contributed by atoms with Crippen molar-refractivity contribution in [3.63, 3.8) is 0 Å². The van der Waals surface area contributed by atoms with Crippen molar-refractivity contribution < 1.29 is 4.79 Å². The van der Waals surface area contributed by atoms with Crippen molar-refractivity contribution >= 4 is 48.4 Å². The Kier molecular flexibility index (Phi) is 4.27. The van der Waals surface area contributed by atoms with Gasteiger partial charge in [-0.2, -0.15) is 0 Å². The molecule has 0 fully saturated rings. The fourth-order valence-electron chi connectivity index (χ4n) is 2.34. The van der Waals surface area contributed by atoms with Crippen LogP contribution in [-0.2, 0) is 0 Å². The quantitative estimate of drug-likeness (QED) is 0.655. The number of rotatable bonds is 4. The number of anilines is 1. The summed E-state index contributed by atoms with van der Waals surface area (Å²) in [5, 5.41) is 3.93. The molecule has 3 rings (SSSR count). The Bertz CT molecular complexity index is 840. The molecule has 0 saturated carbocycles. The van der Waals surface area contributed by atoms with Crippen molar-refractivity contribution in [2.45, 2.75) is 13.8 Å². The summed E-state index contributed by atoms with van der Waals surface area (Å²) >= 11 is 4.95. The minimum Gasteiger partial charge on any atom is -0.354 e. The van der Waals surface area contributed by atoms with Gasteiger partial charge in [0.1, 0.15) is 0 Å². The lowest BCUT2D eigenvalue weighted by atomic mass is 10.1. The van der Waals surface area contributed by atoms with Gasteiger partial charge in [0, 0.05) is 10.0 Å². The molecule has 5 heteroatoms. The highest BCUT2D eigenvalue weighted by Gasteiger charge is 2.09. The van der Waals surface area contributed by atoms with Crippen molar-refractivity contribution in [2.75, 3.05) is 11.9 Å². The van der Waals surface area contributed by atoms with E-state index in [1.54, 1.807) is 11.3 Å². The lowest BCUT2D eigenvalue weighted by Gasteiger charge is -2.02. The Labute approximate surface area is 141 Å². The van der Waals surface area contributed by atoms with E-state index in [1.165, 1.54) is 11.1 Å². The van der Waals surface area contributed by atoms with E-state index >= 15 is 0 Å². The van der Waals surface area contributed by atoms with Gasteiger partial charge in [-0.1, -0.05) is 45.5 Å². The average Bonchev–Trinajstić information content (AvgIpc) is 2.89. The van der Waals surface area contributed by atoms with Crippen LogP contribution in [0.1, 0.15) is 21.5 Å². The number of hydrogen-bond donors (Lipinski definition) is 1. The number of benzene rings is 2. The first-order valence-corrected chi connectivity index (χ1v) is 8.54. The Morgan fingerprint density at radius 2 is 1.95 bits per heavy atom. The van der Waals surface area contributed by atoms with Crippen LogP contribution in [0.2, 0.25) is 0 Å². The van der Waals surface area contributed by atoms with Crippen LogP contribution in [0.3, 0.4) is 0 Å².